The molecule has 0 saturated carbocycles. The van der Waals surface area contributed by atoms with Gasteiger partial charge in [0.1, 0.15) is 5.03 Å². The fraction of sp³-hybridized carbons (Fsp3) is 0.0667. The van der Waals surface area contributed by atoms with Crippen LogP contribution in [-0.2, 0) is 0 Å². The fourth-order valence-electron chi connectivity index (χ4n) is 1.52. The Bertz CT molecular complexity index is 614. The summed E-state index contributed by atoms with van der Waals surface area (Å²) < 4.78 is 0. The summed E-state index contributed by atoms with van der Waals surface area (Å²) in [7, 11) is 0. The van der Waals surface area contributed by atoms with Gasteiger partial charge < -0.3 is 5.32 Å². The van der Waals surface area contributed by atoms with Gasteiger partial charge >= 0.3 is 0 Å². The van der Waals surface area contributed by atoms with Crippen molar-refractivity contribution in [1.29, 1.82) is 0 Å². The lowest BCUT2D eigenvalue weighted by Gasteiger charge is -2.07. The van der Waals surface area contributed by atoms with E-state index in [-0.39, 0.29) is 5.91 Å². The predicted octanol–water partition coefficient (Wildman–Crippen LogP) is 3.80. The molecule has 2 aromatic rings. The number of carbonyl (C=O) groups excluding carboxylic acids is 1. The maximum absolute atomic E-state index is 12.0. The van der Waals surface area contributed by atoms with Gasteiger partial charge in [0.2, 0.25) is 0 Å². The average Bonchev–Trinajstić information content (AvgIpc) is 2.48. The molecule has 0 aliphatic rings. The average molecular weight is 305 g/mol. The zero-order valence-electron chi connectivity index (χ0n) is 10.7. The van der Waals surface area contributed by atoms with Gasteiger partial charge in [-0.05, 0) is 36.4 Å². The van der Waals surface area contributed by atoms with Gasteiger partial charge in [-0.1, -0.05) is 29.4 Å². The Morgan fingerprint density at radius 2 is 2.10 bits per heavy atom. The third-order valence-electron chi connectivity index (χ3n) is 2.45. The topological polar surface area (TPSA) is 42.0 Å². The molecule has 1 N–H and O–H groups in total. The van der Waals surface area contributed by atoms with Crippen LogP contribution >= 0.6 is 23.4 Å². The Hall–Kier alpha value is -1.78. The second-order valence-electron chi connectivity index (χ2n) is 3.91. The van der Waals surface area contributed by atoms with Crippen molar-refractivity contribution in [3.63, 3.8) is 0 Å². The van der Waals surface area contributed by atoms with Gasteiger partial charge in [0.15, 0.2) is 0 Å². The van der Waals surface area contributed by atoms with Crippen molar-refractivity contribution >= 4 is 29.3 Å². The number of aromatic nitrogens is 1. The summed E-state index contributed by atoms with van der Waals surface area (Å²) in [6, 6.07) is 10.9. The van der Waals surface area contributed by atoms with Gasteiger partial charge in [0, 0.05) is 22.7 Å². The number of hydrogen-bond acceptors (Lipinski definition) is 3. The lowest BCUT2D eigenvalue weighted by molar-refractivity contribution is 0.0954. The van der Waals surface area contributed by atoms with Crippen LogP contribution in [0.25, 0.3) is 0 Å². The highest BCUT2D eigenvalue weighted by Gasteiger charge is 2.12. The van der Waals surface area contributed by atoms with E-state index in [1.54, 1.807) is 24.4 Å². The molecule has 0 radical (unpaired) electrons. The molecule has 0 spiro atoms. The van der Waals surface area contributed by atoms with Crippen LogP contribution in [0.3, 0.4) is 0 Å². The van der Waals surface area contributed by atoms with Gasteiger partial charge in [0.25, 0.3) is 5.91 Å². The quantitative estimate of drug-likeness (QED) is 0.854. The number of amides is 1. The summed E-state index contributed by atoms with van der Waals surface area (Å²) >= 11 is 7.28. The number of pyridine rings is 1. The van der Waals surface area contributed by atoms with Crippen LogP contribution in [0.5, 0.6) is 0 Å². The van der Waals surface area contributed by atoms with Gasteiger partial charge in [-0.3, -0.25) is 4.79 Å². The lowest BCUT2D eigenvalue weighted by Crippen LogP contribution is -2.24. The van der Waals surface area contributed by atoms with E-state index in [9.17, 15) is 4.79 Å². The molecule has 1 aromatic carbocycles. The van der Waals surface area contributed by atoms with Crippen molar-refractivity contribution in [1.82, 2.24) is 10.3 Å². The zero-order valence-corrected chi connectivity index (χ0v) is 12.2. The van der Waals surface area contributed by atoms with Crippen LogP contribution in [0.15, 0.2) is 65.2 Å². The first-order chi connectivity index (χ1) is 9.70. The first-order valence-electron chi connectivity index (χ1n) is 5.98. The Morgan fingerprint density at radius 1 is 1.35 bits per heavy atom. The van der Waals surface area contributed by atoms with Gasteiger partial charge in [-0.15, -0.1) is 6.58 Å². The molecule has 5 heteroatoms. The van der Waals surface area contributed by atoms with Crippen molar-refractivity contribution in [2.45, 2.75) is 9.92 Å². The number of rotatable bonds is 5. The zero-order chi connectivity index (χ0) is 14.4. The predicted molar refractivity (Wildman–Crippen MR) is 82.3 cm³/mol. The van der Waals surface area contributed by atoms with Crippen molar-refractivity contribution < 1.29 is 4.79 Å². The SMILES string of the molecule is C=CCNC(=O)c1cccnc1Sc1ccc(Cl)cc1. The number of benzene rings is 1. The summed E-state index contributed by atoms with van der Waals surface area (Å²) in [5.74, 6) is -0.158. The monoisotopic (exact) mass is 304 g/mol. The number of nitrogens with zero attached hydrogens (tertiary/aromatic N) is 1. The highest BCUT2D eigenvalue weighted by atomic mass is 35.5. The second-order valence-corrected chi connectivity index (χ2v) is 5.41. The second kappa shape index (κ2) is 7.12. The van der Waals surface area contributed by atoms with Crippen LogP contribution < -0.4 is 5.32 Å². The Morgan fingerprint density at radius 3 is 2.80 bits per heavy atom. The van der Waals surface area contributed by atoms with Crippen molar-refractivity contribution in [3.8, 4) is 0 Å². The fourth-order valence-corrected chi connectivity index (χ4v) is 2.52. The molecule has 0 saturated heterocycles. The first kappa shape index (κ1) is 14.6. The molecule has 20 heavy (non-hydrogen) atoms. The molecule has 1 aromatic heterocycles. The Kier molecular flexibility index (Phi) is 5.21. The van der Waals surface area contributed by atoms with Crippen LogP contribution in [-0.4, -0.2) is 17.4 Å². The molecule has 0 aliphatic heterocycles. The molecule has 0 fully saturated rings. The number of halogens is 1. The number of hydrogen-bond donors (Lipinski definition) is 1. The molecular weight excluding hydrogens is 292 g/mol. The molecule has 0 atom stereocenters. The molecule has 1 heterocycles. The Labute approximate surface area is 127 Å². The molecule has 102 valence electrons. The summed E-state index contributed by atoms with van der Waals surface area (Å²) in [4.78, 5) is 17.3. The maximum Gasteiger partial charge on any atom is 0.254 e. The number of nitrogens with one attached hydrogen (secondary N) is 1. The summed E-state index contributed by atoms with van der Waals surface area (Å²) in [5, 5.41) is 4.10. The molecule has 0 aliphatic carbocycles. The van der Waals surface area contributed by atoms with Gasteiger partial charge in [0.05, 0.1) is 5.56 Å². The highest BCUT2D eigenvalue weighted by molar-refractivity contribution is 7.99. The standard InChI is InChI=1S/C15H13ClN2OS/c1-2-9-17-14(19)13-4-3-10-18-15(13)20-12-7-5-11(16)6-8-12/h2-8,10H,1,9H2,(H,17,19). The van der Waals surface area contributed by atoms with E-state index < -0.39 is 0 Å². The smallest absolute Gasteiger partial charge is 0.254 e. The largest absolute Gasteiger partial charge is 0.348 e. The minimum atomic E-state index is -0.158. The molecule has 2 rings (SSSR count). The maximum atomic E-state index is 12.0. The van der Waals surface area contributed by atoms with E-state index in [4.69, 9.17) is 11.6 Å². The van der Waals surface area contributed by atoms with E-state index in [0.717, 1.165) is 4.90 Å². The minimum absolute atomic E-state index is 0.158. The van der Waals surface area contributed by atoms with Crippen LogP contribution in [0.2, 0.25) is 5.02 Å². The molecule has 0 unspecified atom stereocenters. The van der Waals surface area contributed by atoms with E-state index in [1.807, 2.05) is 24.3 Å². The van der Waals surface area contributed by atoms with Crippen molar-refractivity contribution in [2.75, 3.05) is 6.54 Å². The van der Waals surface area contributed by atoms with Crippen LogP contribution in [0.4, 0.5) is 0 Å². The highest BCUT2D eigenvalue weighted by Crippen LogP contribution is 2.29. The van der Waals surface area contributed by atoms with E-state index >= 15 is 0 Å². The third kappa shape index (κ3) is 3.85. The van der Waals surface area contributed by atoms with Gasteiger partial charge in [-0.2, -0.15) is 0 Å². The Balaban J connectivity index is 2.21. The lowest BCUT2D eigenvalue weighted by atomic mass is 10.2. The van der Waals surface area contributed by atoms with E-state index in [2.05, 4.69) is 16.9 Å². The van der Waals surface area contributed by atoms with Gasteiger partial charge in [-0.25, -0.2) is 4.98 Å². The summed E-state index contributed by atoms with van der Waals surface area (Å²) in [5.41, 5.74) is 0.550. The first-order valence-corrected chi connectivity index (χ1v) is 7.17. The summed E-state index contributed by atoms with van der Waals surface area (Å²) in [6.45, 7) is 4.01. The number of carbonyl (C=O) groups is 1. The molecule has 1 amide bonds. The molecular formula is C15H13ClN2OS. The third-order valence-corrected chi connectivity index (χ3v) is 3.73. The van der Waals surface area contributed by atoms with Crippen molar-refractivity contribution in [3.05, 3.63) is 65.8 Å². The van der Waals surface area contributed by atoms with E-state index in [1.165, 1.54) is 11.8 Å². The van der Waals surface area contributed by atoms with Crippen LogP contribution in [0.1, 0.15) is 10.4 Å². The minimum Gasteiger partial charge on any atom is -0.348 e. The van der Waals surface area contributed by atoms with Crippen molar-refractivity contribution in [2.24, 2.45) is 0 Å². The molecule has 3 nitrogen and oxygen atoms in total. The van der Waals surface area contributed by atoms with E-state index in [0.29, 0.717) is 22.2 Å². The van der Waals surface area contributed by atoms with Crippen LogP contribution in [0, 0.1) is 0 Å². The summed E-state index contributed by atoms with van der Waals surface area (Å²) in [6.07, 6.45) is 3.31. The normalized spacial score (nSPS) is 10.1. The molecule has 0 bridgehead atoms.